The molecule has 0 amide bonds. The number of aromatic nitrogens is 1. The average Bonchev–Trinajstić information content (AvgIpc) is 2.45. The van der Waals surface area contributed by atoms with Crippen LogP contribution in [0.2, 0.25) is 0 Å². The molecule has 1 aliphatic rings. The third-order valence-corrected chi connectivity index (χ3v) is 3.43. The highest BCUT2D eigenvalue weighted by Gasteiger charge is 2.10. The molecule has 0 aliphatic carbocycles. The number of benzene rings is 1. The lowest BCUT2D eigenvalue weighted by Gasteiger charge is -2.27. The van der Waals surface area contributed by atoms with Gasteiger partial charge in [-0.05, 0) is 24.6 Å². The molecule has 1 saturated heterocycles. The van der Waals surface area contributed by atoms with Gasteiger partial charge >= 0.3 is 0 Å². The van der Waals surface area contributed by atoms with Crippen molar-refractivity contribution in [1.29, 1.82) is 0 Å². The smallest absolute Gasteiger partial charge is 0.0708 e. The summed E-state index contributed by atoms with van der Waals surface area (Å²) >= 11 is 0. The van der Waals surface area contributed by atoms with Crippen molar-refractivity contribution in [3.8, 4) is 0 Å². The van der Waals surface area contributed by atoms with Crippen molar-refractivity contribution < 1.29 is 4.74 Å². The maximum absolute atomic E-state index is 5.35. The van der Waals surface area contributed by atoms with Crippen LogP contribution < -0.4 is 5.43 Å². The second kappa shape index (κ2) is 5.65. The number of hydrazine groups is 1. The molecule has 100 valence electrons. The molecule has 1 fully saturated rings. The zero-order valence-electron chi connectivity index (χ0n) is 11.2. The molecule has 0 spiro atoms. The average molecular weight is 257 g/mol. The highest BCUT2D eigenvalue weighted by atomic mass is 16.5. The fourth-order valence-electron chi connectivity index (χ4n) is 2.46. The van der Waals surface area contributed by atoms with E-state index in [-0.39, 0.29) is 0 Å². The first-order valence-corrected chi connectivity index (χ1v) is 6.74. The number of fused-ring (bicyclic) bond motifs is 1. The van der Waals surface area contributed by atoms with Crippen LogP contribution in [-0.4, -0.2) is 36.3 Å². The molecule has 3 rings (SSSR count). The van der Waals surface area contributed by atoms with Crippen molar-refractivity contribution in [2.24, 2.45) is 0 Å². The molecule has 0 radical (unpaired) electrons. The topological polar surface area (TPSA) is 37.4 Å². The third kappa shape index (κ3) is 2.92. The predicted molar refractivity (Wildman–Crippen MR) is 75.7 cm³/mol. The fourth-order valence-corrected chi connectivity index (χ4v) is 2.46. The number of hydrogen-bond acceptors (Lipinski definition) is 4. The predicted octanol–water partition coefficient (Wildman–Crippen LogP) is 1.88. The number of rotatable bonds is 3. The number of nitrogens with zero attached hydrogens (tertiary/aromatic N) is 2. The lowest BCUT2D eigenvalue weighted by Crippen LogP contribution is -2.45. The van der Waals surface area contributed by atoms with Gasteiger partial charge in [0.15, 0.2) is 0 Å². The van der Waals surface area contributed by atoms with E-state index in [1.54, 1.807) is 0 Å². The Morgan fingerprint density at radius 3 is 2.89 bits per heavy atom. The van der Waals surface area contributed by atoms with Gasteiger partial charge in [-0.1, -0.05) is 18.2 Å². The van der Waals surface area contributed by atoms with Crippen molar-refractivity contribution in [1.82, 2.24) is 15.4 Å². The standard InChI is InChI=1S/C15H19N3O/c1-12-10-13(11-16-18-6-8-19-9-7-18)14-4-2-3-5-15(14)17-12/h2-5,10,16H,6-9,11H2,1H3. The van der Waals surface area contributed by atoms with Crippen molar-refractivity contribution >= 4 is 10.9 Å². The number of pyridine rings is 1. The SMILES string of the molecule is Cc1cc(CNN2CCOCC2)c2ccccc2n1. The zero-order valence-corrected chi connectivity index (χ0v) is 11.2. The van der Waals surface area contributed by atoms with Crippen LogP contribution in [0.3, 0.4) is 0 Å². The summed E-state index contributed by atoms with van der Waals surface area (Å²) in [5.41, 5.74) is 6.92. The largest absolute Gasteiger partial charge is 0.379 e. The summed E-state index contributed by atoms with van der Waals surface area (Å²) in [7, 11) is 0. The number of para-hydroxylation sites is 1. The highest BCUT2D eigenvalue weighted by Crippen LogP contribution is 2.18. The molecule has 2 aromatic rings. The molecule has 1 aromatic heterocycles. The number of aryl methyl sites for hydroxylation is 1. The van der Waals surface area contributed by atoms with Gasteiger partial charge in [0.1, 0.15) is 0 Å². The summed E-state index contributed by atoms with van der Waals surface area (Å²) in [6, 6.07) is 10.5. The lowest BCUT2D eigenvalue weighted by atomic mass is 10.1. The lowest BCUT2D eigenvalue weighted by molar-refractivity contribution is 0.0106. The second-order valence-electron chi connectivity index (χ2n) is 4.87. The van der Waals surface area contributed by atoms with Crippen LogP contribution in [0, 0.1) is 6.92 Å². The van der Waals surface area contributed by atoms with E-state index in [0.717, 1.165) is 44.1 Å². The van der Waals surface area contributed by atoms with E-state index < -0.39 is 0 Å². The Bertz CT molecular complexity index is 564. The van der Waals surface area contributed by atoms with Crippen LogP contribution in [-0.2, 0) is 11.3 Å². The zero-order chi connectivity index (χ0) is 13.1. The molecule has 4 heteroatoms. The molecule has 0 unspecified atom stereocenters. The molecule has 0 atom stereocenters. The van der Waals surface area contributed by atoms with E-state index in [1.807, 2.05) is 13.0 Å². The van der Waals surface area contributed by atoms with Gasteiger partial charge in [0, 0.05) is 30.7 Å². The monoisotopic (exact) mass is 257 g/mol. The second-order valence-corrected chi connectivity index (χ2v) is 4.87. The number of morpholine rings is 1. The first-order chi connectivity index (χ1) is 9.33. The van der Waals surface area contributed by atoms with Gasteiger partial charge in [-0.3, -0.25) is 10.4 Å². The summed E-state index contributed by atoms with van der Waals surface area (Å²) in [5.74, 6) is 0. The van der Waals surface area contributed by atoms with E-state index >= 15 is 0 Å². The summed E-state index contributed by atoms with van der Waals surface area (Å²) in [6.45, 7) is 6.39. The van der Waals surface area contributed by atoms with Crippen LogP contribution in [0.5, 0.6) is 0 Å². The summed E-state index contributed by atoms with van der Waals surface area (Å²) in [6.07, 6.45) is 0. The van der Waals surface area contributed by atoms with Gasteiger partial charge in [-0.25, -0.2) is 5.01 Å². The summed E-state index contributed by atoms with van der Waals surface area (Å²) < 4.78 is 5.35. The quantitative estimate of drug-likeness (QED) is 0.911. The van der Waals surface area contributed by atoms with Crippen LogP contribution in [0.15, 0.2) is 30.3 Å². The molecule has 0 bridgehead atoms. The summed E-state index contributed by atoms with van der Waals surface area (Å²) in [5, 5.41) is 3.46. The molecule has 2 heterocycles. The maximum atomic E-state index is 5.35. The molecule has 1 aromatic carbocycles. The maximum Gasteiger partial charge on any atom is 0.0708 e. The first-order valence-electron chi connectivity index (χ1n) is 6.74. The molecule has 0 saturated carbocycles. The van der Waals surface area contributed by atoms with E-state index in [2.05, 4.69) is 39.7 Å². The molecular formula is C15H19N3O. The van der Waals surface area contributed by atoms with Crippen molar-refractivity contribution in [2.75, 3.05) is 26.3 Å². The number of hydrogen-bond donors (Lipinski definition) is 1. The van der Waals surface area contributed by atoms with Crippen LogP contribution >= 0.6 is 0 Å². The Morgan fingerprint density at radius 2 is 2.05 bits per heavy atom. The van der Waals surface area contributed by atoms with Crippen LogP contribution in [0.4, 0.5) is 0 Å². The van der Waals surface area contributed by atoms with Crippen LogP contribution in [0.25, 0.3) is 10.9 Å². The number of nitrogens with one attached hydrogen (secondary N) is 1. The van der Waals surface area contributed by atoms with Gasteiger partial charge in [-0.2, -0.15) is 0 Å². The first kappa shape index (κ1) is 12.5. The Kier molecular flexibility index (Phi) is 3.73. The Labute approximate surface area is 113 Å². The van der Waals surface area contributed by atoms with Gasteiger partial charge in [0.2, 0.25) is 0 Å². The minimum absolute atomic E-state index is 0.809. The molecule has 19 heavy (non-hydrogen) atoms. The van der Waals surface area contributed by atoms with Crippen molar-refractivity contribution in [3.63, 3.8) is 0 Å². The van der Waals surface area contributed by atoms with Crippen molar-refractivity contribution in [2.45, 2.75) is 13.5 Å². The third-order valence-electron chi connectivity index (χ3n) is 3.43. The molecular weight excluding hydrogens is 238 g/mol. The van der Waals surface area contributed by atoms with Gasteiger partial charge in [-0.15, -0.1) is 0 Å². The minimum atomic E-state index is 0.809. The van der Waals surface area contributed by atoms with E-state index in [0.29, 0.717) is 0 Å². The van der Waals surface area contributed by atoms with Crippen molar-refractivity contribution in [3.05, 3.63) is 41.6 Å². The Morgan fingerprint density at radius 1 is 1.26 bits per heavy atom. The number of ether oxygens (including phenoxy) is 1. The Balaban J connectivity index is 1.79. The molecule has 1 aliphatic heterocycles. The minimum Gasteiger partial charge on any atom is -0.379 e. The highest BCUT2D eigenvalue weighted by molar-refractivity contribution is 5.82. The Hall–Kier alpha value is -1.49. The summed E-state index contributed by atoms with van der Waals surface area (Å²) in [4.78, 5) is 4.57. The van der Waals surface area contributed by atoms with Crippen LogP contribution in [0.1, 0.15) is 11.3 Å². The normalized spacial score (nSPS) is 16.9. The van der Waals surface area contributed by atoms with Gasteiger partial charge in [0.25, 0.3) is 0 Å². The molecule has 1 N–H and O–H groups in total. The van der Waals surface area contributed by atoms with Gasteiger partial charge < -0.3 is 4.74 Å². The molecule has 4 nitrogen and oxygen atoms in total. The fraction of sp³-hybridized carbons (Fsp3) is 0.400. The van der Waals surface area contributed by atoms with Gasteiger partial charge in [0.05, 0.1) is 18.7 Å². The van der Waals surface area contributed by atoms with E-state index in [1.165, 1.54) is 10.9 Å². The van der Waals surface area contributed by atoms with E-state index in [9.17, 15) is 0 Å². The van der Waals surface area contributed by atoms with E-state index in [4.69, 9.17) is 4.74 Å².